The number of phenols is 2. The summed E-state index contributed by atoms with van der Waals surface area (Å²) in [5.74, 6) is 1.65. The molecule has 2 atom stereocenters. The van der Waals surface area contributed by atoms with Crippen LogP contribution in [0.5, 0.6) is 11.5 Å². The summed E-state index contributed by atoms with van der Waals surface area (Å²) in [4.78, 5) is 0. The molecule has 1 saturated carbocycles. The molecule has 0 spiro atoms. The average molecular weight is 302 g/mol. The Balaban J connectivity index is 2.21. The van der Waals surface area contributed by atoms with E-state index in [0.717, 1.165) is 36.0 Å². The van der Waals surface area contributed by atoms with Crippen LogP contribution in [0.15, 0.2) is 6.07 Å². The molecule has 0 bridgehead atoms. The summed E-state index contributed by atoms with van der Waals surface area (Å²) in [5.41, 5.74) is 3.24. The molecule has 1 aromatic rings. The molecule has 122 valence electrons. The van der Waals surface area contributed by atoms with Gasteiger partial charge in [0, 0.05) is 16.7 Å². The molecular weight excluding hydrogens is 272 g/mol. The van der Waals surface area contributed by atoms with Gasteiger partial charge in [0.2, 0.25) is 0 Å². The van der Waals surface area contributed by atoms with E-state index in [1.54, 1.807) is 0 Å². The van der Waals surface area contributed by atoms with E-state index in [9.17, 15) is 10.2 Å². The third-order valence-corrected chi connectivity index (χ3v) is 6.52. The molecule has 2 heteroatoms. The largest absolute Gasteiger partial charge is 0.508 e. The van der Waals surface area contributed by atoms with Gasteiger partial charge < -0.3 is 10.2 Å². The number of rotatable bonds is 1. The molecule has 3 rings (SSSR count). The molecule has 1 aromatic carbocycles. The van der Waals surface area contributed by atoms with Gasteiger partial charge >= 0.3 is 0 Å². The fraction of sp³-hybridized carbons (Fsp3) is 0.700. The number of fused-ring (bicyclic) bond motifs is 3. The standard InChI is InChI=1S/C20H30O2/c1-12(2)14-11-15(21)17-13(18(14)22)7-8-16-19(3,4)9-6-10-20(16,17)5/h11-12,16,21-22H,6-10H2,1-5H3/t16-,20-/m0/s1. The summed E-state index contributed by atoms with van der Waals surface area (Å²) in [5, 5.41) is 21.5. The second-order valence-electron chi connectivity index (χ2n) is 8.69. The number of hydrogen-bond donors (Lipinski definition) is 2. The van der Waals surface area contributed by atoms with Crippen molar-refractivity contribution in [3.63, 3.8) is 0 Å². The highest BCUT2D eigenvalue weighted by molar-refractivity contribution is 5.58. The summed E-state index contributed by atoms with van der Waals surface area (Å²) < 4.78 is 0. The first-order valence-electron chi connectivity index (χ1n) is 8.76. The number of hydrogen-bond acceptors (Lipinski definition) is 2. The van der Waals surface area contributed by atoms with Crippen LogP contribution in [0, 0.1) is 11.3 Å². The fourth-order valence-corrected chi connectivity index (χ4v) is 5.48. The maximum absolute atomic E-state index is 10.8. The van der Waals surface area contributed by atoms with Crippen LogP contribution < -0.4 is 0 Å². The van der Waals surface area contributed by atoms with Gasteiger partial charge in [-0.1, -0.05) is 41.0 Å². The van der Waals surface area contributed by atoms with Crippen LogP contribution in [0.3, 0.4) is 0 Å². The van der Waals surface area contributed by atoms with E-state index in [1.165, 1.54) is 12.8 Å². The maximum atomic E-state index is 10.8. The van der Waals surface area contributed by atoms with Crippen molar-refractivity contribution in [1.82, 2.24) is 0 Å². The summed E-state index contributed by atoms with van der Waals surface area (Å²) in [7, 11) is 0. The van der Waals surface area contributed by atoms with Crippen molar-refractivity contribution in [2.45, 2.75) is 78.1 Å². The molecule has 2 nitrogen and oxygen atoms in total. The van der Waals surface area contributed by atoms with Crippen LogP contribution >= 0.6 is 0 Å². The minimum atomic E-state index is -0.00753. The molecule has 0 aromatic heterocycles. The van der Waals surface area contributed by atoms with Crippen molar-refractivity contribution >= 4 is 0 Å². The van der Waals surface area contributed by atoms with Crippen molar-refractivity contribution in [3.05, 3.63) is 22.8 Å². The fourth-order valence-electron chi connectivity index (χ4n) is 5.48. The molecular formula is C20H30O2. The van der Waals surface area contributed by atoms with Crippen LogP contribution in [0.1, 0.15) is 82.9 Å². The predicted molar refractivity (Wildman–Crippen MR) is 90.7 cm³/mol. The Kier molecular flexibility index (Phi) is 3.50. The van der Waals surface area contributed by atoms with Crippen LogP contribution in [-0.2, 0) is 11.8 Å². The zero-order valence-corrected chi connectivity index (χ0v) is 14.7. The predicted octanol–water partition coefficient (Wildman–Crippen LogP) is 5.25. The molecule has 0 unspecified atom stereocenters. The van der Waals surface area contributed by atoms with E-state index in [-0.39, 0.29) is 11.3 Å². The molecule has 0 aliphatic heterocycles. The maximum Gasteiger partial charge on any atom is 0.122 e. The van der Waals surface area contributed by atoms with Gasteiger partial charge in [-0.15, -0.1) is 0 Å². The molecule has 2 aliphatic carbocycles. The van der Waals surface area contributed by atoms with Crippen molar-refractivity contribution in [2.24, 2.45) is 11.3 Å². The van der Waals surface area contributed by atoms with E-state index in [0.29, 0.717) is 22.8 Å². The van der Waals surface area contributed by atoms with Gasteiger partial charge in [-0.2, -0.15) is 0 Å². The van der Waals surface area contributed by atoms with Crippen molar-refractivity contribution in [3.8, 4) is 11.5 Å². The first-order valence-corrected chi connectivity index (χ1v) is 8.76. The minimum absolute atomic E-state index is 0.00753. The van der Waals surface area contributed by atoms with E-state index >= 15 is 0 Å². The van der Waals surface area contributed by atoms with E-state index in [4.69, 9.17) is 0 Å². The normalized spacial score (nSPS) is 30.0. The molecule has 0 amide bonds. The summed E-state index contributed by atoms with van der Waals surface area (Å²) in [6.45, 7) is 11.2. The Morgan fingerprint density at radius 1 is 1.14 bits per heavy atom. The Morgan fingerprint density at radius 2 is 1.82 bits per heavy atom. The number of benzene rings is 1. The Morgan fingerprint density at radius 3 is 2.45 bits per heavy atom. The van der Waals surface area contributed by atoms with E-state index in [1.807, 2.05) is 6.07 Å². The lowest BCUT2D eigenvalue weighted by Gasteiger charge is -2.54. The van der Waals surface area contributed by atoms with Crippen LogP contribution in [0.2, 0.25) is 0 Å². The monoisotopic (exact) mass is 302 g/mol. The lowest BCUT2D eigenvalue weighted by Crippen LogP contribution is -2.47. The van der Waals surface area contributed by atoms with Crippen LogP contribution in [0.4, 0.5) is 0 Å². The van der Waals surface area contributed by atoms with Gasteiger partial charge in [0.05, 0.1) is 0 Å². The van der Waals surface area contributed by atoms with Crippen LogP contribution in [0.25, 0.3) is 0 Å². The topological polar surface area (TPSA) is 40.5 Å². The average Bonchev–Trinajstić information content (AvgIpc) is 2.40. The van der Waals surface area contributed by atoms with Gasteiger partial charge in [0.1, 0.15) is 11.5 Å². The quantitative estimate of drug-likeness (QED) is 0.695. The van der Waals surface area contributed by atoms with Crippen molar-refractivity contribution in [2.75, 3.05) is 0 Å². The second-order valence-corrected chi connectivity index (χ2v) is 8.69. The molecule has 0 radical (unpaired) electrons. The lowest BCUT2D eigenvalue weighted by molar-refractivity contribution is 0.0387. The molecule has 2 aliphatic rings. The Labute approximate surface area is 134 Å². The van der Waals surface area contributed by atoms with Crippen molar-refractivity contribution < 1.29 is 10.2 Å². The van der Waals surface area contributed by atoms with Crippen molar-refractivity contribution in [1.29, 1.82) is 0 Å². The van der Waals surface area contributed by atoms with Gasteiger partial charge in [-0.25, -0.2) is 0 Å². The van der Waals surface area contributed by atoms with Crippen LogP contribution in [-0.4, -0.2) is 10.2 Å². The first kappa shape index (κ1) is 15.7. The minimum Gasteiger partial charge on any atom is -0.508 e. The summed E-state index contributed by atoms with van der Waals surface area (Å²) in [6.07, 6.45) is 5.58. The highest BCUT2D eigenvalue weighted by atomic mass is 16.3. The van der Waals surface area contributed by atoms with E-state index < -0.39 is 0 Å². The third-order valence-electron chi connectivity index (χ3n) is 6.52. The summed E-state index contributed by atoms with van der Waals surface area (Å²) >= 11 is 0. The van der Waals surface area contributed by atoms with Gasteiger partial charge in [0.15, 0.2) is 0 Å². The molecule has 0 heterocycles. The smallest absolute Gasteiger partial charge is 0.122 e. The SMILES string of the molecule is CC(C)c1cc(O)c2c(c1O)CC[C@H]1C(C)(C)CCC[C@]21C. The zero-order valence-electron chi connectivity index (χ0n) is 14.7. The Bertz CT molecular complexity index is 600. The third kappa shape index (κ3) is 2.06. The number of phenolic OH excluding ortho intramolecular Hbond substituents is 2. The Hall–Kier alpha value is -1.18. The molecule has 0 saturated heterocycles. The van der Waals surface area contributed by atoms with Gasteiger partial charge in [0.25, 0.3) is 0 Å². The lowest BCUT2D eigenvalue weighted by atomic mass is 9.50. The van der Waals surface area contributed by atoms with E-state index in [2.05, 4.69) is 34.6 Å². The number of aromatic hydroxyl groups is 2. The zero-order chi connectivity index (χ0) is 16.3. The molecule has 2 N–H and O–H groups in total. The summed E-state index contributed by atoms with van der Waals surface area (Å²) in [6, 6.07) is 1.81. The highest BCUT2D eigenvalue weighted by Gasteiger charge is 2.51. The first-order chi connectivity index (χ1) is 10.2. The van der Waals surface area contributed by atoms with Gasteiger partial charge in [-0.3, -0.25) is 0 Å². The van der Waals surface area contributed by atoms with Gasteiger partial charge in [-0.05, 0) is 54.4 Å². The second kappa shape index (κ2) is 4.91. The highest BCUT2D eigenvalue weighted by Crippen LogP contribution is 2.60. The molecule has 22 heavy (non-hydrogen) atoms. The molecule has 1 fully saturated rings.